The highest BCUT2D eigenvalue weighted by Crippen LogP contribution is 2.27. The second-order valence-corrected chi connectivity index (χ2v) is 10.9. The van der Waals surface area contributed by atoms with Gasteiger partial charge in [0.25, 0.3) is 0 Å². The fourth-order valence-corrected chi connectivity index (χ4v) is 4.79. The van der Waals surface area contributed by atoms with E-state index in [1.54, 1.807) is 6.20 Å². The number of nitrogens with zero attached hydrogens (tertiary/aromatic N) is 3. The summed E-state index contributed by atoms with van der Waals surface area (Å²) >= 11 is 0. The van der Waals surface area contributed by atoms with Gasteiger partial charge >= 0.3 is 17.9 Å². The van der Waals surface area contributed by atoms with Gasteiger partial charge in [-0.25, -0.2) is 14.8 Å². The molecule has 4 heterocycles. The van der Waals surface area contributed by atoms with Crippen LogP contribution in [-0.4, -0.2) is 98.3 Å². The van der Waals surface area contributed by atoms with Gasteiger partial charge in [0, 0.05) is 24.0 Å². The van der Waals surface area contributed by atoms with Crippen LogP contribution in [0.4, 0.5) is 11.6 Å². The maximum Gasteiger partial charge on any atom is 0.336 e. The van der Waals surface area contributed by atoms with Crippen molar-refractivity contribution in [2.45, 2.75) is 44.5 Å². The Bertz CT molecular complexity index is 1520. The Morgan fingerprint density at radius 2 is 1.64 bits per heavy atom. The van der Waals surface area contributed by atoms with Crippen LogP contribution in [0.2, 0.25) is 0 Å². The molecule has 2 aromatic heterocycles. The maximum atomic E-state index is 10.3. The van der Waals surface area contributed by atoms with E-state index in [0.717, 1.165) is 42.4 Å². The highest BCUT2D eigenvalue weighted by molar-refractivity contribution is 5.88. The van der Waals surface area contributed by atoms with Gasteiger partial charge < -0.3 is 44.4 Å². The number of carboxylic acids is 3. The van der Waals surface area contributed by atoms with Gasteiger partial charge in [0.15, 0.2) is 11.4 Å². The first kappa shape index (κ1) is 35.0. The minimum absolute atomic E-state index is 0.393. The van der Waals surface area contributed by atoms with E-state index in [2.05, 4.69) is 20.2 Å². The molecule has 5 rings (SSSR count). The first-order valence-electron chi connectivity index (χ1n) is 15.0. The van der Waals surface area contributed by atoms with Crippen LogP contribution in [0.3, 0.4) is 0 Å². The largest absolute Gasteiger partial charge is 0.492 e. The van der Waals surface area contributed by atoms with Crippen molar-refractivity contribution in [1.29, 1.82) is 0 Å². The number of benzene rings is 1. The molecule has 252 valence electrons. The van der Waals surface area contributed by atoms with Crippen LogP contribution in [0.25, 0.3) is 11.5 Å². The predicted molar refractivity (Wildman–Crippen MR) is 166 cm³/mol. The van der Waals surface area contributed by atoms with E-state index in [4.69, 9.17) is 39.1 Å². The first-order valence-corrected chi connectivity index (χ1v) is 15.0. The molecule has 15 nitrogen and oxygen atoms in total. The van der Waals surface area contributed by atoms with Crippen molar-refractivity contribution in [3.63, 3.8) is 0 Å². The van der Waals surface area contributed by atoms with Crippen molar-refractivity contribution in [2.24, 2.45) is 0 Å². The number of carboxylic acid groups (broad SMARTS) is 3. The SMILES string of the molecule is C1=C/COCc2cc(ccc2OCCN2CCCC2)Nc2nccc(n2)-c2ccc(o2)COC/1.O=C(O)CC(O)(CC(=O)O)C(=O)O. The van der Waals surface area contributed by atoms with E-state index < -0.39 is 36.4 Å². The van der Waals surface area contributed by atoms with E-state index in [1.807, 2.05) is 48.6 Å². The highest BCUT2D eigenvalue weighted by Gasteiger charge is 2.40. The fraction of sp³-hybridized carbons (Fsp3) is 0.406. The Kier molecular flexibility index (Phi) is 12.8. The number of rotatable bonds is 9. The average Bonchev–Trinajstić information content (AvgIpc) is 3.71. The number of carbonyl (C=O) groups is 3. The number of aromatic nitrogens is 2. The number of nitrogens with one attached hydrogen (secondary N) is 1. The number of aliphatic hydroxyl groups is 1. The summed E-state index contributed by atoms with van der Waals surface area (Å²) in [6, 6.07) is 11.6. The number of hydrogen-bond donors (Lipinski definition) is 5. The lowest BCUT2D eigenvalue weighted by molar-refractivity contribution is -0.170. The summed E-state index contributed by atoms with van der Waals surface area (Å²) in [5, 5.41) is 37.1. The summed E-state index contributed by atoms with van der Waals surface area (Å²) in [4.78, 5) is 41.9. The van der Waals surface area contributed by atoms with Crippen molar-refractivity contribution < 1.29 is 53.4 Å². The number of hydrogen-bond acceptors (Lipinski definition) is 12. The van der Waals surface area contributed by atoms with Gasteiger partial charge in [-0.3, -0.25) is 14.5 Å². The molecule has 1 fully saturated rings. The van der Waals surface area contributed by atoms with Gasteiger partial charge in [0.05, 0.1) is 32.7 Å². The molecule has 2 aliphatic heterocycles. The number of likely N-dealkylation sites (tertiary alicyclic amines) is 1. The van der Waals surface area contributed by atoms with Crippen LogP contribution in [0.15, 0.2) is 59.2 Å². The van der Waals surface area contributed by atoms with Crippen LogP contribution < -0.4 is 10.1 Å². The number of ether oxygens (including phenoxy) is 3. The third-order valence-electron chi connectivity index (χ3n) is 7.13. The number of furan rings is 1. The molecule has 3 aromatic rings. The molecule has 2 aliphatic rings. The van der Waals surface area contributed by atoms with Crippen LogP contribution in [-0.2, 0) is 37.1 Å². The van der Waals surface area contributed by atoms with E-state index in [9.17, 15) is 14.4 Å². The summed E-state index contributed by atoms with van der Waals surface area (Å²) in [7, 11) is 0. The van der Waals surface area contributed by atoms with Gasteiger partial charge in [-0.1, -0.05) is 12.2 Å². The van der Waals surface area contributed by atoms with Crippen LogP contribution >= 0.6 is 0 Å². The molecule has 0 amide bonds. The number of aliphatic carboxylic acids is 3. The molecule has 0 saturated carbocycles. The van der Waals surface area contributed by atoms with Crippen LogP contribution in [0.5, 0.6) is 5.75 Å². The lowest BCUT2D eigenvalue weighted by Gasteiger charge is -2.18. The molecule has 0 radical (unpaired) electrons. The van der Waals surface area contributed by atoms with Crippen molar-refractivity contribution in [3.8, 4) is 17.2 Å². The monoisotopic (exact) mass is 654 g/mol. The Labute approximate surface area is 270 Å². The molecule has 47 heavy (non-hydrogen) atoms. The van der Waals surface area contributed by atoms with E-state index >= 15 is 0 Å². The molecular formula is C32H38N4O11. The number of fused-ring (bicyclic) bond motifs is 7. The quantitative estimate of drug-likeness (QED) is 0.209. The Morgan fingerprint density at radius 1 is 0.936 bits per heavy atom. The smallest absolute Gasteiger partial charge is 0.336 e. The second kappa shape index (κ2) is 17.2. The van der Waals surface area contributed by atoms with Gasteiger partial charge in [0.2, 0.25) is 5.95 Å². The van der Waals surface area contributed by atoms with Crippen molar-refractivity contribution in [3.05, 3.63) is 66.1 Å². The van der Waals surface area contributed by atoms with E-state index in [-0.39, 0.29) is 0 Å². The molecule has 0 spiro atoms. The van der Waals surface area contributed by atoms with Gasteiger partial charge in [0.1, 0.15) is 30.4 Å². The lowest BCUT2D eigenvalue weighted by Crippen LogP contribution is -2.42. The Morgan fingerprint density at radius 3 is 2.32 bits per heavy atom. The molecule has 15 heteroatoms. The third-order valence-corrected chi connectivity index (χ3v) is 7.13. The zero-order valence-corrected chi connectivity index (χ0v) is 25.7. The highest BCUT2D eigenvalue weighted by atomic mass is 16.5. The Balaban J connectivity index is 0.000000328. The van der Waals surface area contributed by atoms with Crippen LogP contribution in [0, 0.1) is 0 Å². The van der Waals surface area contributed by atoms with Gasteiger partial charge in [-0.15, -0.1) is 0 Å². The summed E-state index contributed by atoms with van der Waals surface area (Å²) in [6.07, 6.45) is 5.90. The topological polar surface area (TPSA) is 214 Å². The minimum atomic E-state index is -2.74. The van der Waals surface area contributed by atoms with Crippen molar-refractivity contribution in [2.75, 3.05) is 44.8 Å². The fourth-order valence-electron chi connectivity index (χ4n) is 4.79. The molecule has 0 atom stereocenters. The predicted octanol–water partition coefficient (Wildman–Crippen LogP) is 3.31. The summed E-state index contributed by atoms with van der Waals surface area (Å²) in [6.45, 7) is 5.74. The third kappa shape index (κ3) is 11.2. The van der Waals surface area contributed by atoms with Gasteiger partial charge in [-0.2, -0.15) is 0 Å². The molecule has 6 bridgehead atoms. The van der Waals surface area contributed by atoms with Crippen molar-refractivity contribution >= 4 is 29.5 Å². The zero-order valence-electron chi connectivity index (χ0n) is 25.7. The Hall–Kier alpha value is -4.83. The zero-order chi connectivity index (χ0) is 33.6. The standard InChI is InChI=1S/C26H30N4O4.C6H8O7/c1-2-12-30(11-1)13-16-33-24-7-5-21-17-20(24)18-31-14-3-4-15-32-19-22-6-8-25(34-22)23-9-10-27-26(28-21)29-23;7-3(8)1-6(13,5(11)12)2-4(9)10/h3-10,17H,1-2,11-16,18-19H2,(H,27,28,29);13H,1-2H2,(H,7,8)(H,9,10)(H,11,12)/b4-3+;. The maximum absolute atomic E-state index is 10.3. The molecule has 0 aliphatic carbocycles. The molecule has 1 aromatic carbocycles. The first-order chi connectivity index (χ1) is 22.6. The van der Waals surface area contributed by atoms with E-state index in [0.29, 0.717) is 50.4 Å². The number of anilines is 2. The summed E-state index contributed by atoms with van der Waals surface area (Å²) in [5.74, 6) is -2.26. The van der Waals surface area contributed by atoms with Gasteiger partial charge in [-0.05, 0) is 62.3 Å². The molecule has 1 saturated heterocycles. The van der Waals surface area contributed by atoms with E-state index in [1.165, 1.54) is 12.8 Å². The summed E-state index contributed by atoms with van der Waals surface area (Å²) < 4.78 is 23.6. The second-order valence-electron chi connectivity index (χ2n) is 10.9. The normalized spacial score (nSPS) is 16.0. The molecule has 5 N–H and O–H groups in total. The molecule has 0 unspecified atom stereocenters. The molecular weight excluding hydrogens is 616 g/mol. The lowest BCUT2D eigenvalue weighted by atomic mass is 9.96. The average molecular weight is 655 g/mol. The van der Waals surface area contributed by atoms with Crippen molar-refractivity contribution in [1.82, 2.24) is 14.9 Å². The minimum Gasteiger partial charge on any atom is -0.492 e. The van der Waals surface area contributed by atoms with Crippen LogP contribution in [0.1, 0.15) is 37.0 Å². The summed E-state index contributed by atoms with van der Waals surface area (Å²) in [5.41, 5.74) is -0.190.